The van der Waals surface area contributed by atoms with Crippen molar-refractivity contribution in [3.05, 3.63) is 34.9 Å². The maximum absolute atomic E-state index is 13.4. The molecule has 0 aliphatic carbocycles. The van der Waals surface area contributed by atoms with Gasteiger partial charge in [-0.1, -0.05) is 56.3 Å². The van der Waals surface area contributed by atoms with Gasteiger partial charge in [-0.2, -0.15) is 13.2 Å². The van der Waals surface area contributed by atoms with Crippen molar-refractivity contribution >= 4 is 17.6 Å². The minimum atomic E-state index is -4.31. The first-order chi connectivity index (χ1) is 17.5. The van der Waals surface area contributed by atoms with Crippen LogP contribution in [0, 0.1) is 0 Å². The Morgan fingerprint density at radius 2 is 1.84 bits per heavy atom. The van der Waals surface area contributed by atoms with Crippen LogP contribution in [0.2, 0.25) is 0 Å². The van der Waals surface area contributed by atoms with E-state index in [4.69, 9.17) is 9.57 Å². The fourth-order valence-corrected chi connectivity index (χ4v) is 4.77. The number of benzene rings is 1. The fourth-order valence-electron chi connectivity index (χ4n) is 4.77. The molecular weight excluding hydrogens is 483 g/mol. The molecule has 0 saturated carbocycles. The Hall–Kier alpha value is -2.58. The molecule has 37 heavy (non-hydrogen) atoms. The maximum Gasteiger partial charge on any atom is 0.410 e. The number of carbonyl (C=O) groups excluding carboxylic acids is 1. The van der Waals surface area contributed by atoms with Crippen LogP contribution in [0.1, 0.15) is 95.8 Å². The summed E-state index contributed by atoms with van der Waals surface area (Å²) in [6.07, 6.45) is 2.91. The van der Waals surface area contributed by atoms with Gasteiger partial charge in [0.15, 0.2) is 12.4 Å². The Morgan fingerprint density at radius 3 is 2.54 bits per heavy atom. The van der Waals surface area contributed by atoms with Crippen LogP contribution in [-0.4, -0.2) is 53.5 Å². The second kappa shape index (κ2) is 12.8. The Balaban J connectivity index is 1.77. The molecule has 2 aliphatic rings. The van der Waals surface area contributed by atoms with Crippen LogP contribution in [0.3, 0.4) is 0 Å². The molecule has 1 amide bonds. The minimum Gasteiger partial charge on any atom is -0.444 e. The van der Waals surface area contributed by atoms with E-state index in [2.05, 4.69) is 17.1 Å². The molecule has 0 radical (unpaired) electrons. The van der Waals surface area contributed by atoms with E-state index >= 15 is 0 Å². The van der Waals surface area contributed by atoms with Crippen molar-refractivity contribution in [2.45, 2.75) is 110 Å². The molecule has 9 heteroatoms. The summed E-state index contributed by atoms with van der Waals surface area (Å²) in [6.45, 7) is 8.28. The molecule has 1 fully saturated rings. The highest BCUT2D eigenvalue weighted by Crippen LogP contribution is 2.28. The summed E-state index contributed by atoms with van der Waals surface area (Å²) in [6, 6.07) is 4.77. The maximum atomic E-state index is 13.4. The normalized spacial score (nSPS) is 18.4. The monoisotopic (exact) mass is 523 g/mol. The number of halogens is 3. The van der Waals surface area contributed by atoms with Gasteiger partial charge >= 0.3 is 12.3 Å². The third-order valence-electron chi connectivity index (χ3n) is 6.53. The van der Waals surface area contributed by atoms with E-state index in [-0.39, 0.29) is 24.0 Å². The Bertz CT molecular complexity index is 983. The summed E-state index contributed by atoms with van der Waals surface area (Å²) in [5.41, 5.74) is 1.45. The van der Waals surface area contributed by atoms with Crippen molar-refractivity contribution in [3.8, 4) is 0 Å². The quantitative estimate of drug-likeness (QED) is 0.304. The summed E-state index contributed by atoms with van der Waals surface area (Å²) >= 11 is 0. The number of oxime groups is 1. The Labute approximate surface area is 218 Å². The van der Waals surface area contributed by atoms with Crippen LogP contribution < -0.4 is 0 Å². The number of carbonyl (C=O) groups is 1. The average Bonchev–Trinajstić information content (AvgIpc) is 3.30. The highest BCUT2D eigenvalue weighted by Gasteiger charge is 2.36. The first-order valence-electron chi connectivity index (χ1n) is 13.4. The smallest absolute Gasteiger partial charge is 0.410 e. The summed E-state index contributed by atoms with van der Waals surface area (Å²) < 4.78 is 45.7. The zero-order valence-electron chi connectivity index (χ0n) is 22.5. The second-order valence-corrected chi connectivity index (χ2v) is 10.9. The first kappa shape index (κ1) is 29.0. The predicted octanol–water partition coefficient (Wildman–Crippen LogP) is 7.23. The molecule has 0 aromatic heterocycles. The number of alkyl halides is 3. The van der Waals surface area contributed by atoms with Crippen LogP contribution in [0.25, 0.3) is 0 Å². The number of ether oxygens (including phenoxy) is 1. The van der Waals surface area contributed by atoms with Crippen LogP contribution in [0.15, 0.2) is 28.3 Å². The zero-order chi connectivity index (χ0) is 27.1. The topological polar surface area (TPSA) is 63.5 Å². The number of aryl methyl sites for hydroxylation is 1. The molecule has 0 spiro atoms. The van der Waals surface area contributed by atoms with E-state index in [1.54, 1.807) is 17.0 Å². The third-order valence-corrected chi connectivity index (χ3v) is 6.53. The minimum absolute atomic E-state index is 0.124. The fraction of sp³-hybridized carbons (Fsp3) is 0.679. The molecule has 0 bridgehead atoms. The van der Waals surface area contributed by atoms with Gasteiger partial charge in [0.25, 0.3) is 0 Å². The number of nitrogens with zero attached hydrogens (tertiary/aromatic N) is 3. The van der Waals surface area contributed by atoms with Gasteiger partial charge in [0.05, 0.1) is 18.2 Å². The van der Waals surface area contributed by atoms with E-state index in [1.807, 2.05) is 20.8 Å². The molecular formula is C28H40F3N3O3. The number of hydrogen-bond donors (Lipinski definition) is 0. The van der Waals surface area contributed by atoms with Crippen molar-refractivity contribution in [1.29, 1.82) is 0 Å². The van der Waals surface area contributed by atoms with Gasteiger partial charge in [-0.05, 0) is 63.6 Å². The number of rotatable bonds is 10. The Morgan fingerprint density at radius 1 is 1.11 bits per heavy atom. The van der Waals surface area contributed by atoms with Crippen molar-refractivity contribution < 1.29 is 27.5 Å². The van der Waals surface area contributed by atoms with Gasteiger partial charge in [-0.25, -0.2) is 9.79 Å². The third kappa shape index (κ3) is 9.04. The summed E-state index contributed by atoms with van der Waals surface area (Å²) in [5, 5.41) is 4.04. The number of unbranched alkanes of at least 4 members (excludes halogenated alkanes) is 5. The number of hydrogen-bond acceptors (Lipinski definition) is 5. The molecule has 1 atom stereocenters. The first-order valence-corrected chi connectivity index (χ1v) is 13.4. The molecule has 2 aliphatic heterocycles. The lowest BCUT2D eigenvalue weighted by atomic mass is 9.96. The lowest BCUT2D eigenvalue weighted by Gasteiger charge is -2.29. The largest absolute Gasteiger partial charge is 0.444 e. The van der Waals surface area contributed by atoms with Gasteiger partial charge in [0.1, 0.15) is 5.60 Å². The van der Waals surface area contributed by atoms with Gasteiger partial charge in [0, 0.05) is 12.1 Å². The Kier molecular flexibility index (Phi) is 10.0. The van der Waals surface area contributed by atoms with Crippen molar-refractivity contribution in [1.82, 2.24) is 4.90 Å². The SMILES string of the molecule is CCCCCCCCc1ccc(C2=NOCC([C@@H]3CCCN3C(=O)OC(C)(C)C)=N2)cc1CC(F)(F)F. The predicted molar refractivity (Wildman–Crippen MR) is 139 cm³/mol. The highest BCUT2D eigenvalue weighted by atomic mass is 19.4. The van der Waals surface area contributed by atoms with Gasteiger partial charge in [-0.3, -0.25) is 4.90 Å². The molecule has 0 N–H and O–H groups in total. The van der Waals surface area contributed by atoms with Crippen LogP contribution in [0.5, 0.6) is 0 Å². The van der Waals surface area contributed by atoms with Crippen LogP contribution >= 0.6 is 0 Å². The molecule has 1 aromatic carbocycles. The summed E-state index contributed by atoms with van der Waals surface area (Å²) in [5.74, 6) is 0.229. The van der Waals surface area contributed by atoms with Crippen molar-refractivity contribution in [2.24, 2.45) is 10.1 Å². The van der Waals surface area contributed by atoms with E-state index < -0.39 is 24.3 Å². The summed E-state index contributed by atoms with van der Waals surface area (Å²) in [7, 11) is 0. The van der Waals surface area contributed by atoms with E-state index in [0.717, 1.165) is 38.5 Å². The molecule has 3 rings (SSSR count). The van der Waals surface area contributed by atoms with Gasteiger partial charge in [-0.15, -0.1) is 0 Å². The lowest BCUT2D eigenvalue weighted by Crippen LogP contribution is -2.45. The number of amides is 1. The van der Waals surface area contributed by atoms with Crippen LogP contribution in [-0.2, 0) is 22.4 Å². The van der Waals surface area contributed by atoms with Crippen LogP contribution in [0.4, 0.5) is 18.0 Å². The lowest BCUT2D eigenvalue weighted by molar-refractivity contribution is -0.127. The van der Waals surface area contributed by atoms with E-state index in [1.165, 1.54) is 12.5 Å². The summed E-state index contributed by atoms with van der Waals surface area (Å²) in [4.78, 5) is 24.4. The highest BCUT2D eigenvalue weighted by molar-refractivity contribution is 6.10. The average molecular weight is 524 g/mol. The van der Waals surface area contributed by atoms with Gasteiger partial charge in [0.2, 0.25) is 0 Å². The molecule has 1 aromatic rings. The number of amidine groups is 1. The molecule has 2 heterocycles. The standard InChI is InChI=1S/C28H40F3N3O3/c1-5-6-7-8-9-10-12-20-14-15-21(17-22(20)18-28(29,30)31)25-32-23(19-36-33-25)24-13-11-16-34(24)26(35)37-27(2,3)4/h14-15,17,24H,5-13,16,18-19H2,1-4H3/t24-/m0/s1. The van der Waals surface area contributed by atoms with E-state index in [0.29, 0.717) is 36.2 Å². The molecule has 6 nitrogen and oxygen atoms in total. The molecule has 1 saturated heterocycles. The molecule has 206 valence electrons. The molecule has 0 unspecified atom stereocenters. The number of likely N-dealkylation sites (tertiary alicyclic amines) is 1. The second-order valence-electron chi connectivity index (χ2n) is 10.9. The van der Waals surface area contributed by atoms with Crippen molar-refractivity contribution in [2.75, 3.05) is 13.2 Å². The van der Waals surface area contributed by atoms with Gasteiger partial charge < -0.3 is 9.57 Å². The van der Waals surface area contributed by atoms with E-state index in [9.17, 15) is 18.0 Å². The van der Waals surface area contributed by atoms with Crippen molar-refractivity contribution in [3.63, 3.8) is 0 Å². The number of aliphatic imine (C=N–C) groups is 1. The zero-order valence-corrected chi connectivity index (χ0v) is 22.5.